The summed E-state index contributed by atoms with van der Waals surface area (Å²) >= 11 is -2.20. The van der Waals surface area contributed by atoms with Gasteiger partial charge in [0, 0.05) is 18.8 Å². The van der Waals surface area contributed by atoms with E-state index in [0.717, 1.165) is 10.1 Å². The Hall–Kier alpha value is -1.99. The van der Waals surface area contributed by atoms with Crippen LogP contribution in [-0.2, 0) is 24.7 Å². The van der Waals surface area contributed by atoms with Gasteiger partial charge in [-0.2, -0.15) is 0 Å². The molecule has 7 heteroatoms. The summed E-state index contributed by atoms with van der Waals surface area (Å²) < 4.78 is 23.5. The van der Waals surface area contributed by atoms with Gasteiger partial charge in [0.05, 0.1) is 6.54 Å². The van der Waals surface area contributed by atoms with Gasteiger partial charge in [-0.25, -0.2) is 9.00 Å². The molecule has 0 aliphatic rings. The number of rotatable bonds is 4. The van der Waals surface area contributed by atoms with E-state index in [1.54, 1.807) is 26.1 Å². The van der Waals surface area contributed by atoms with E-state index in [4.69, 9.17) is 0 Å². The molecule has 0 fully saturated rings. The highest BCUT2D eigenvalue weighted by Gasteiger charge is 2.21. The first-order valence-corrected chi connectivity index (χ1v) is 7.91. The van der Waals surface area contributed by atoms with Crippen molar-refractivity contribution >= 4 is 11.1 Å². The average Bonchev–Trinajstić information content (AvgIpc) is 2.46. The second-order valence-corrected chi connectivity index (χ2v) is 6.42. The van der Waals surface area contributed by atoms with Crippen molar-refractivity contribution in [1.82, 2.24) is 9.13 Å². The topological polar surface area (TPSA) is 81.3 Å². The molecule has 2 atom stereocenters. The number of benzene rings is 1. The molecule has 0 saturated heterocycles. The third kappa shape index (κ3) is 3.26. The Morgan fingerprint density at radius 1 is 1.18 bits per heavy atom. The molecule has 22 heavy (non-hydrogen) atoms. The van der Waals surface area contributed by atoms with Crippen LogP contribution in [0.15, 0.2) is 40.1 Å². The van der Waals surface area contributed by atoms with E-state index in [1.807, 2.05) is 19.1 Å². The van der Waals surface area contributed by atoms with Crippen LogP contribution in [0.3, 0.4) is 0 Å². The van der Waals surface area contributed by atoms with Crippen LogP contribution in [0.5, 0.6) is 0 Å². The number of nitrogens with zero attached hydrogens (tertiary/aromatic N) is 2. The predicted molar refractivity (Wildman–Crippen MR) is 85.4 cm³/mol. The van der Waals surface area contributed by atoms with Gasteiger partial charge in [-0.15, -0.1) is 0 Å². The summed E-state index contributed by atoms with van der Waals surface area (Å²) in [5.41, 5.74) is 1.11. The average molecular weight is 322 g/mol. The smallest absolute Gasteiger partial charge is 0.306 e. The summed E-state index contributed by atoms with van der Waals surface area (Å²) in [6, 6.07) is 7.12. The van der Waals surface area contributed by atoms with E-state index < -0.39 is 27.6 Å². The SMILES string of the molecule is Cc1ccc(C(Cn2c(=O)c(C)cn(C)c2=O)S(=O)O)cc1. The third-order valence-electron chi connectivity index (χ3n) is 3.54. The lowest BCUT2D eigenvalue weighted by atomic mass is 10.1. The summed E-state index contributed by atoms with van der Waals surface area (Å²) in [6.07, 6.45) is 1.46. The molecule has 1 N–H and O–H groups in total. The van der Waals surface area contributed by atoms with Gasteiger partial charge < -0.3 is 9.12 Å². The highest BCUT2D eigenvalue weighted by atomic mass is 32.2. The van der Waals surface area contributed by atoms with Crippen molar-refractivity contribution in [2.24, 2.45) is 7.05 Å². The van der Waals surface area contributed by atoms with Crippen molar-refractivity contribution in [2.45, 2.75) is 25.6 Å². The quantitative estimate of drug-likeness (QED) is 0.856. The van der Waals surface area contributed by atoms with Crippen LogP contribution in [0.2, 0.25) is 0 Å². The van der Waals surface area contributed by atoms with Crippen molar-refractivity contribution in [3.05, 3.63) is 68.0 Å². The molecule has 6 nitrogen and oxygen atoms in total. The molecule has 0 spiro atoms. The standard InChI is InChI=1S/C15H18N2O4S/c1-10-4-6-12(7-5-10)13(22(20)21)9-17-14(18)11(2)8-16(3)15(17)19/h4-8,13H,9H2,1-3H3,(H,20,21). The van der Waals surface area contributed by atoms with Crippen molar-refractivity contribution in [3.8, 4) is 0 Å². The molecule has 2 rings (SSSR count). The molecule has 118 valence electrons. The summed E-state index contributed by atoms with van der Waals surface area (Å²) in [4.78, 5) is 24.3. The lowest BCUT2D eigenvalue weighted by Gasteiger charge is -2.16. The van der Waals surface area contributed by atoms with Crippen LogP contribution in [0, 0.1) is 13.8 Å². The Bertz CT molecular complexity index is 787. The number of aryl methyl sites for hydroxylation is 3. The maximum atomic E-state index is 12.2. The van der Waals surface area contributed by atoms with E-state index in [-0.39, 0.29) is 6.54 Å². The fourth-order valence-electron chi connectivity index (χ4n) is 2.28. The Morgan fingerprint density at radius 3 is 2.32 bits per heavy atom. The van der Waals surface area contributed by atoms with E-state index >= 15 is 0 Å². The molecular weight excluding hydrogens is 304 g/mol. The maximum absolute atomic E-state index is 12.2. The van der Waals surface area contributed by atoms with Gasteiger partial charge in [0.2, 0.25) is 0 Å². The lowest BCUT2D eigenvalue weighted by Crippen LogP contribution is -2.41. The largest absolute Gasteiger partial charge is 0.330 e. The molecule has 2 aromatic rings. The molecule has 0 amide bonds. The second kappa shape index (κ2) is 6.41. The van der Waals surface area contributed by atoms with Crippen LogP contribution in [0.1, 0.15) is 21.9 Å². The summed E-state index contributed by atoms with van der Waals surface area (Å²) in [7, 11) is 1.54. The molecule has 0 saturated carbocycles. The monoisotopic (exact) mass is 322 g/mol. The summed E-state index contributed by atoms with van der Waals surface area (Å²) in [6.45, 7) is 3.38. The van der Waals surface area contributed by atoms with Crippen LogP contribution < -0.4 is 11.2 Å². The molecule has 1 aromatic carbocycles. The maximum Gasteiger partial charge on any atom is 0.330 e. The molecular formula is C15H18N2O4S. The normalized spacial score (nSPS) is 13.8. The number of aromatic nitrogens is 2. The number of hydrogen-bond acceptors (Lipinski definition) is 3. The Kier molecular flexibility index (Phi) is 4.77. The van der Waals surface area contributed by atoms with E-state index in [2.05, 4.69) is 0 Å². The minimum Gasteiger partial charge on any atom is -0.306 e. The second-order valence-electron chi connectivity index (χ2n) is 5.30. The molecule has 0 aliphatic heterocycles. The molecule has 1 aromatic heterocycles. The Morgan fingerprint density at radius 2 is 1.77 bits per heavy atom. The fraction of sp³-hybridized carbons (Fsp3) is 0.333. The summed E-state index contributed by atoms with van der Waals surface area (Å²) in [5, 5.41) is -0.840. The van der Waals surface area contributed by atoms with Gasteiger partial charge >= 0.3 is 5.69 Å². The van der Waals surface area contributed by atoms with Crippen molar-refractivity contribution in [3.63, 3.8) is 0 Å². The van der Waals surface area contributed by atoms with Crippen LogP contribution in [0.25, 0.3) is 0 Å². The zero-order valence-electron chi connectivity index (χ0n) is 12.6. The molecule has 0 radical (unpaired) electrons. The van der Waals surface area contributed by atoms with Gasteiger partial charge in [-0.05, 0) is 19.4 Å². The van der Waals surface area contributed by atoms with E-state index in [0.29, 0.717) is 11.1 Å². The van der Waals surface area contributed by atoms with Gasteiger partial charge in [-0.1, -0.05) is 29.8 Å². The first-order valence-electron chi connectivity index (χ1n) is 6.74. The molecule has 1 heterocycles. The van der Waals surface area contributed by atoms with Gasteiger partial charge in [0.1, 0.15) is 5.25 Å². The number of hydrogen-bond donors (Lipinski definition) is 1. The van der Waals surface area contributed by atoms with E-state index in [1.165, 1.54) is 10.8 Å². The highest BCUT2D eigenvalue weighted by molar-refractivity contribution is 7.79. The van der Waals surface area contributed by atoms with E-state index in [9.17, 15) is 18.4 Å². The zero-order chi connectivity index (χ0) is 16.4. The minimum atomic E-state index is -2.20. The summed E-state index contributed by atoms with van der Waals surface area (Å²) in [5.74, 6) is 0. The Balaban J connectivity index is 2.50. The Labute approximate surface area is 130 Å². The van der Waals surface area contributed by atoms with Gasteiger partial charge in [-0.3, -0.25) is 9.36 Å². The predicted octanol–water partition coefficient (Wildman–Crippen LogP) is 1.13. The highest BCUT2D eigenvalue weighted by Crippen LogP contribution is 2.20. The first kappa shape index (κ1) is 16.4. The van der Waals surface area contributed by atoms with Crippen molar-refractivity contribution in [1.29, 1.82) is 0 Å². The van der Waals surface area contributed by atoms with Crippen LogP contribution >= 0.6 is 0 Å². The zero-order valence-corrected chi connectivity index (χ0v) is 13.5. The van der Waals surface area contributed by atoms with Crippen LogP contribution in [0.4, 0.5) is 0 Å². The van der Waals surface area contributed by atoms with Gasteiger partial charge in [0.25, 0.3) is 5.56 Å². The van der Waals surface area contributed by atoms with Crippen molar-refractivity contribution < 1.29 is 8.76 Å². The minimum absolute atomic E-state index is 0.140. The molecule has 0 aliphatic carbocycles. The lowest BCUT2D eigenvalue weighted by molar-refractivity contribution is 0.515. The molecule has 0 bridgehead atoms. The third-order valence-corrected chi connectivity index (χ3v) is 4.45. The van der Waals surface area contributed by atoms with Crippen LogP contribution in [-0.4, -0.2) is 17.9 Å². The first-order chi connectivity index (χ1) is 10.3. The van der Waals surface area contributed by atoms with Crippen molar-refractivity contribution in [2.75, 3.05) is 0 Å². The van der Waals surface area contributed by atoms with Gasteiger partial charge in [0.15, 0.2) is 11.1 Å². The molecule has 2 unspecified atom stereocenters. The fourth-order valence-corrected chi connectivity index (χ4v) is 2.95.